The van der Waals surface area contributed by atoms with Crippen molar-refractivity contribution in [2.75, 3.05) is 26.2 Å². The summed E-state index contributed by atoms with van der Waals surface area (Å²) in [5.74, 6) is 0. The van der Waals surface area contributed by atoms with E-state index in [1.807, 2.05) is 0 Å². The lowest BCUT2D eigenvalue weighted by molar-refractivity contribution is -0.138. The Kier molecular flexibility index (Phi) is 4.22. The maximum atomic E-state index is 13.1. The molecule has 2 aliphatic rings. The van der Waals surface area contributed by atoms with Gasteiger partial charge in [-0.3, -0.25) is 9.80 Å². The van der Waals surface area contributed by atoms with Crippen molar-refractivity contribution in [3.05, 3.63) is 35.4 Å². The zero-order valence-electron chi connectivity index (χ0n) is 12.1. The number of nitrogens with zero attached hydrogens (tertiary/aromatic N) is 2. The average molecular weight is 298 g/mol. The lowest BCUT2D eigenvalue weighted by Crippen LogP contribution is -2.36. The van der Waals surface area contributed by atoms with Gasteiger partial charge >= 0.3 is 6.18 Å². The van der Waals surface area contributed by atoms with E-state index in [2.05, 4.69) is 9.80 Å². The van der Waals surface area contributed by atoms with E-state index < -0.39 is 11.7 Å². The largest absolute Gasteiger partial charge is 0.416 e. The first-order chi connectivity index (χ1) is 10.0. The highest BCUT2D eigenvalue weighted by Gasteiger charge is 2.34. The van der Waals surface area contributed by atoms with Crippen molar-refractivity contribution in [3.8, 4) is 0 Å². The fourth-order valence-corrected chi connectivity index (χ4v) is 3.60. The second kappa shape index (κ2) is 5.97. The van der Waals surface area contributed by atoms with Gasteiger partial charge in [0.05, 0.1) is 5.56 Å². The minimum atomic E-state index is -4.26. The Bertz CT molecular complexity index is 487. The van der Waals surface area contributed by atoms with Crippen LogP contribution in [0.15, 0.2) is 24.3 Å². The molecule has 2 saturated heterocycles. The van der Waals surface area contributed by atoms with Gasteiger partial charge in [-0.05, 0) is 50.5 Å². The van der Waals surface area contributed by atoms with Gasteiger partial charge in [-0.15, -0.1) is 0 Å². The van der Waals surface area contributed by atoms with Gasteiger partial charge < -0.3 is 0 Å². The highest BCUT2D eigenvalue weighted by molar-refractivity contribution is 5.29. The smallest absolute Gasteiger partial charge is 0.299 e. The highest BCUT2D eigenvalue weighted by atomic mass is 19.4. The highest BCUT2D eigenvalue weighted by Crippen LogP contribution is 2.33. The van der Waals surface area contributed by atoms with E-state index in [0.717, 1.165) is 32.6 Å². The van der Waals surface area contributed by atoms with Crippen molar-refractivity contribution in [3.63, 3.8) is 0 Å². The molecule has 21 heavy (non-hydrogen) atoms. The minimum Gasteiger partial charge on any atom is -0.299 e. The van der Waals surface area contributed by atoms with Gasteiger partial charge in [0.1, 0.15) is 0 Å². The van der Waals surface area contributed by atoms with Crippen molar-refractivity contribution in [1.29, 1.82) is 0 Å². The third-order valence-corrected chi connectivity index (χ3v) is 4.60. The molecule has 0 radical (unpaired) electrons. The Morgan fingerprint density at radius 1 is 1.05 bits per heavy atom. The minimum absolute atomic E-state index is 0.399. The summed E-state index contributed by atoms with van der Waals surface area (Å²) in [6.45, 7) is 4.42. The molecular weight excluding hydrogens is 277 g/mol. The number of halogens is 3. The van der Waals surface area contributed by atoms with Gasteiger partial charge in [0, 0.05) is 19.1 Å². The van der Waals surface area contributed by atoms with Crippen LogP contribution in [-0.4, -0.2) is 42.0 Å². The van der Waals surface area contributed by atoms with E-state index in [1.54, 1.807) is 12.1 Å². The molecule has 0 bridgehead atoms. The first-order valence-electron chi connectivity index (χ1n) is 7.65. The SMILES string of the molecule is FC(F)(F)c1ccccc1CN1CCCN2CCC[C@H]2C1. The molecule has 0 spiro atoms. The van der Waals surface area contributed by atoms with Gasteiger partial charge in [-0.25, -0.2) is 0 Å². The molecule has 0 N–H and O–H groups in total. The first kappa shape index (κ1) is 14.9. The van der Waals surface area contributed by atoms with Crippen LogP contribution >= 0.6 is 0 Å². The van der Waals surface area contributed by atoms with E-state index in [-0.39, 0.29) is 0 Å². The maximum absolute atomic E-state index is 13.1. The molecule has 0 saturated carbocycles. The molecule has 1 aromatic rings. The van der Waals surface area contributed by atoms with E-state index in [0.29, 0.717) is 18.2 Å². The van der Waals surface area contributed by atoms with E-state index in [4.69, 9.17) is 0 Å². The van der Waals surface area contributed by atoms with Crippen molar-refractivity contribution in [1.82, 2.24) is 9.80 Å². The summed E-state index contributed by atoms with van der Waals surface area (Å²) in [6.07, 6.45) is -0.818. The predicted molar refractivity (Wildman–Crippen MR) is 75.9 cm³/mol. The Balaban J connectivity index is 1.74. The summed E-state index contributed by atoms with van der Waals surface area (Å²) in [4.78, 5) is 4.69. The molecule has 0 aromatic heterocycles. The molecule has 116 valence electrons. The number of alkyl halides is 3. The summed E-state index contributed by atoms with van der Waals surface area (Å²) in [5, 5.41) is 0. The van der Waals surface area contributed by atoms with Crippen LogP contribution in [0.25, 0.3) is 0 Å². The standard InChI is InChI=1S/C16H21F3N2/c17-16(18,19)15-7-2-1-5-13(15)11-20-8-4-10-21-9-3-6-14(21)12-20/h1-2,5,7,14H,3-4,6,8-12H2/t14-/m0/s1. The summed E-state index contributed by atoms with van der Waals surface area (Å²) in [5.41, 5.74) is -0.0889. The van der Waals surface area contributed by atoms with Crippen LogP contribution in [0.5, 0.6) is 0 Å². The average Bonchev–Trinajstić information content (AvgIpc) is 2.77. The Morgan fingerprint density at radius 3 is 2.62 bits per heavy atom. The van der Waals surface area contributed by atoms with Crippen LogP contribution in [0, 0.1) is 0 Å². The monoisotopic (exact) mass is 298 g/mol. The van der Waals surface area contributed by atoms with Crippen molar-refractivity contribution in [2.24, 2.45) is 0 Å². The lowest BCUT2D eigenvalue weighted by Gasteiger charge is -2.26. The molecule has 0 aliphatic carbocycles. The lowest BCUT2D eigenvalue weighted by atomic mass is 10.1. The van der Waals surface area contributed by atoms with E-state index >= 15 is 0 Å². The van der Waals surface area contributed by atoms with E-state index in [9.17, 15) is 13.2 Å². The van der Waals surface area contributed by atoms with Crippen LogP contribution in [0.3, 0.4) is 0 Å². The zero-order chi connectivity index (χ0) is 14.9. The fourth-order valence-electron chi connectivity index (χ4n) is 3.60. The molecule has 2 heterocycles. The van der Waals surface area contributed by atoms with Crippen LogP contribution in [0.1, 0.15) is 30.4 Å². The Labute approximate surface area is 123 Å². The number of hydrogen-bond donors (Lipinski definition) is 0. The predicted octanol–water partition coefficient (Wildman–Crippen LogP) is 3.38. The zero-order valence-corrected chi connectivity index (χ0v) is 12.1. The summed E-state index contributed by atoms with van der Waals surface area (Å²) < 4.78 is 39.2. The third-order valence-electron chi connectivity index (χ3n) is 4.60. The van der Waals surface area contributed by atoms with Gasteiger partial charge in [0.15, 0.2) is 0 Å². The van der Waals surface area contributed by atoms with Gasteiger partial charge in [-0.2, -0.15) is 13.2 Å². The van der Waals surface area contributed by atoms with Crippen LogP contribution in [0.4, 0.5) is 13.2 Å². The fraction of sp³-hybridized carbons (Fsp3) is 0.625. The number of hydrogen-bond acceptors (Lipinski definition) is 2. The Hall–Kier alpha value is -1.07. The topological polar surface area (TPSA) is 6.48 Å². The van der Waals surface area contributed by atoms with E-state index in [1.165, 1.54) is 25.0 Å². The molecule has 2 aliphatic heterocycles. The van der Waals surface area contributed by atoms with Crippen LogP contribution < -0.4 is 0 Å². The van der Waals surface area contributed by atoms with Crippen molar-refractivity contribution >= 4 is 0 Å². The summed E-state index contributed by atoms with van der Waals surface area (Å²) in [6, 6.07) is 6.50. The summed E-state index contributed by atoms with van der Waals surface area (Å²) >= 11 is 0. The molecule has 2 fully saturated rings. The molecule has 1 aromatic carbocycles. The number of benzene rings is 1. The summed E-state index contributed by atoms with van der Waals surface area (Å²) in [7, 11) is 0. The molecule has 5 heteroatoms. The van der Waals surface area contributed by atoms with Gasteiger partial charge in [0.25, 0.3) is 0 Å². The molecule has 0 unspecified atom stereocenters. The molecule has 1 atom stereocenters. The van der Waals surface area contributed by atoms with Gasteiger partial charge in [0.2, 0.25) is 0 Å². The maximum Gasteiger partial charge on any atom is 0.416 e. The molecule has 0 amide bonds. The number of fused-ring (bicyclic) bond motifs is 1. The molecule has 2 nitrogen and oxygen atoms in total. The van der Waals surface area contributed by atoms with Gasteiger partial charge in [-0.1, -0.05) is 18.2 Å². The Morgan fingerprint density at radius 2 is 1.81 bits per heavy atom. The van der Waals surface area contributed by atoms with Crippen molar-refractivity contribution in [2.45, 2.75) is 38.0 Å². The molecular formula is C16H21F3N2. The van der Waals surface area contributed by atoms with Crippen LogP contribution in [-0.2, 0) is 12.7 Å². The normalized spacial score (nSPS) is 24.8. The second-order valence-electron chi connectivity index (χ2n) is 6.08. The first-order valence-corrected chi connectivity index (χ1v) is 7.65. The quantitative estimate of drug-likeness (QED) is 0.826. The van der Waals surface area contributed by atoms with Crippen LogP contribution in [0.2, 0.25) is 0 Å². The molecule has 3 rings (SSSR count). The third kappa shape index (κ3) is 3.40. The second-order valence-corrected chi connectivity index (χ2v) is 6.08. The van der Waals surface area contributed by atoms with Crippen molar-refractivity contribution < 1.29 is 13.2 Å². The number of rotatable bonds is 2.